The molecule has 7 heteroatoms. The van der Waals surface area contributed by atoms with Crippen molar-refractivity contribution < 1.29 is 0 Å². The summed E-state index contributed by atoms with van der Waals surface area (Å²) in [6, 6.07) is 13.4. The molecule has 6 nitrogen and oxygen atoms in total. The molecule has 0 aliphatic rings. The molecule has 0 amide bonds. The van der Waals surface area contributed by atoms with E-state index >= 15 is 0 Å². The summed E-state index contributed by atoms with van der Waals surface area (Å²) in [6.07, 6.45) is 3.60. The zero-order chi connectivity index (χ0) is 15.8. The SMILES string of the molecule is CSc1nnc2n(Cc3ccccc3)c(=O)c3cccnc3n12. The Balaban J connectivity index is 2.08. The smallest absolute Gasteiger partial charge is 0.264 e. The Kier molecular flexibility index (Phi) is 3.34. The van der Waals surface area contributed by atoms with Crippen LogP contribution < -0.4 is 5.56 Å². The number of pyridine rings is 1. The Hall–Kier alpha value is -2.67. The molecule has 0 atom stereocenters. The molecule has 0 unspecified atom stereocenters. The van der Waals surface area contributed by atoms with Gasteiger partial charge in [-0.2, -0.15) is 0 Å². The van der Waals surface area contributed by atoms with E-state index < -0.39 is 0 Å². The Labute approximate surface area is 135 Å². The predicted octanol–water partition coefficient (Wildman–Crippen LogP) is 2.21. The molecule has 3 aromatic heterocycles. The molecule has 0 N–H and O–H groups in total. The van der Waals surface area contributed by atoms with Crippen LogP contribution in [-0.4, -0.2) is 30.4 Å². The van der Waals surface area contributed by atoms with Gasteiger partial charge in [-0.05, 0) is 24.0 Å². The summed E-state index contributed by atoms with van der Waals surface area (Å²) in [6.45, 7) is 0.445. The van der Waals surface area contributed by atoms with Gasteiger partial charge in [-0.15, -0.1) is 10.2 Å². The van der Waals surface area contributed by atoms with Crippen molar-refractivity contribution in [2.24, 2.45) is 0 Å². The van der Waals surface area contributed by atoms with Crippen LogP contribution in [0.2, 0.25) is 0 Å². The van der Waals surface area contributed by atoms with Gasteiger partial charge in [0.15, 0.2) is 10.8 Å². The second-order valence-electron chi connectivity index (χ2n) is 5.07. The van der Waals surface area contributed by atoms with Crippen LogP contribution in [-0.2, 0) is 6.54 Å². The summed E-state index contributed by atoms with van der Waals surface area (Å²) in [5.41, 5.74) is 1.52. The number of hydrogen-bond donors (Lipinski definition) is 0. The average molecular weight is 323 g/mol. The van der Waals surface area contributed by atoms with Crippen LogP contribution in [0.1, 0.15) is 5.56 Å². The summed E-state index contributed by atoms with van der Waals surface area (Å²) in [4.78, 5) is 17.2. The van der Waals surface area contributed by atoms with Crippen LogP contribution in [0.4, 0.5) is 0 Å². The number of thioether (sulfide) groups is 1. The first kappa shape index (κ1) is 14.0. The maximum absolute atomic E-state index is 12.9. The van der Waals surface area contributed by atoms with Crippen LogP contribution in [0.15, 0.2) is 58.6 Å². The van der Waals surface area contributed by atoms with Gasteiger partial charge in [-0.1, -0.05) is 42.1 Å². The lowest BCUT2D eigenvalue weighted by Crippen LogP contribution is -2.24. The number of nitrogens with zero attached hydrogens (tertiary/aromatic N) is 5. The lowest BCUT2D eigenvalue weighted by atomic mass is 10.2. The van der Waals surface area contributed by atoms with E-state index in [-0.39, 0.29) is 5.56 Å². The van der Waals surface area contributed by atoms with Crippen LogP contribution in [0, 0.1) is 0 Å². The van der Waals surface area contributed by atoms with Gasteiger partial charge >= 0.3 is 0 Å². The van der Waals surface area contributed by atoms with E-state index in [9.17, 15) is 4.79 Å². The van der Waals surface area contributed by atoms with Crippen LogP contribution in [0.25, 0.3) is 16.8 Å². The summed E-state index contributed by atoms with van der Waals surface area (Å²) >= 11 is 1.47. The molecule has 0 fully saturated rings. The van der Waals surface area contributed by atoms with Gasteiger partial charge in [0.2, 0.25) is 5.78 Å². The zero-order valence-electron chi connectivity index (χ0n) is 12.4. The molecule has 0 radical (unpaired) electrons. The topological polar surface area (TPSA) is 65.1 Å². The Bertz CT molecular complexity index is 1050. The number of rotatable bonds is 3. The highest BCUT2D eigenvalue weighted by molar-refractivity contribution is 7.98. The quantitative estimate of drug-likeness (QED) is 0.541. The lowest BCUT2D eigenvalue weighted by molar-refractivity contribution is 0.762. The fourth-order valence-electron chi connectivity index (χ4n) is 2.64. The predicted molar refractivity (Wildman–Crippen MR) is 89.9 cm³/mol. The van der Waals surface area contributed by atoms with Gasteiger partial charge in [0.1, 0.15) is 0 Å². The fourth-order valence-corrected chi connectivity index (χ4v) is 3.11. The number of benzene rings is 1. The van der Waals surface area contributed by atoms with E-state index in [1.54, 1.807) is 22.9 Å². The number of fused-ring (bicyclic) bond motifs is 3. The van der Waals surface area contributed by atoms with Crippen molar-refractivity contribution in [2.45, 2.75) is 11.7 Å². The minimum absolute atomic E-state index is 0.107. The van der Waals surface area contributed by atoms with Crippen molar-refractivity contribution in [3.05, 3.63) is 64.6 Å². The molecular formula is C16H13N5OS. The molecule has 0 saturated heterocycles. The van der Waals surface area contributed by atoms with E-state index in [2.05, 4.69) is 15.2 Å². The fraction of sp³-hybridized carbons (Fsp3) is 0.125. The monoisotopic (exact) mass is 323 g/mol. The molecular weight excluding hydrogens is 310 g/mol. The van der Waals surface area contributed by atoms with Crippen molar-refractivity contribution >= 4 is 28.6 Å². The van der Waals surface area contributed by atoms with E-state index in [0.717, 1.165) is 5.56 Å². The largest absolute Gasteiger partial charge is 0.272 e. The minimum atomic E-state index is -0.107. The van der Waals surface area contributed by atoms with Gasteiger partial charge in [0.05, 0.1) is 11.9 Å². The Morgan fingerprint density at radius 2 is 1.91 bits per heavy atom. The van der Waals surface area contributed by atoms with Gasteiger partial charge < -0.3 is 0 Å². The van der Waals surface area contributed by atoms with Crippen molar-refractivity contribution in [3.63, 3.8) is 0 Å². The lowest BCUT2D eigenvalue weighted by Gasteiger charge is -2.10. The van der Waals surface area contributed by atoms with Crippen LogP contribution in [0.5, 0.6) is 0 Å². The van der Waals surface area contributed by atoms with Crippen molar-refractivity contribution in [1.29, 1.82) is 0 Å². The maximum Gasteiger partial charge on any atom is 0.264 e. The molecule has 0 aliphatic heterocycles. The highest BCUT2D eigenvalue weighted by atomic mass is 32.2. The molecule has 23 heavy (non-hydrogen) atoms. The van der Waals surface area contributed by atoms with E-state index in [4.69, 9.17) is 0 Å². The normalized spacial score (nSPS) is 11.3. The summed E-state index contributed by atoms with van der Waals surface area (Å²) in [7, 11) is 0. The third-order valence-electron chi connectivity index (χ3n) is 3.70. The Morgan fingerprint density at radius 3 is 2.70 bits per heavy atom. The second kappa shape index (κ2) is 5.51. The third kappa shape index (κ3) is 2.20. The molecule has 0 saturated carbocycles. The van der Waals surface area contributed by atoms with E-state index in [0.29, 0.717) is 28.5 Å². The molecule has 0 spiro atoms. The molecule has 3 heterocycles. The Morgan fingerprint density at radius 1 is 1.09 bits per heavy atom. The molecule has 4 aromatic rings. The average Bonchev–Trinajstić information content (AvgIpc) is 3.03. The standard InChI is InChI=1S/C16H13N5OS/c1-23-16-19-18-15-20(10-11-6-3-2-4-7-11)14(22)12-8-5-9-17-13(12)21(15)16/h2-9H,10H2,1H3. The zero-order valence-corrected chi connectivity index (χ0v) is 13.2. The number of hydrogen-bond acceptors (Lipinski definition) is 5. The van der Waals surface area contributed by atoms with Crippen LogP contribution >= 0.6 is 11.8 Å². The second-order valence-corrected chi connectivity index (χ2v) is 5.85. The van der Waals surface area contributed by atoms with Gasteiger partial charge in [-0.3, -0.25) is 9.36 Å². The first-order valence-corrected chi connectivity index (χ1v) is 8.32. The van der Waals surface area contributed by atoms with Gasteiger partial charge in [0, 0.05) is 6.20 Å². The molecule has 0 bridgehead atoms. The molecule has 1 aromatic carbocycles. The van der Waals surface area contributed by atoms with Gasteiger partial charge in [-0.25, -0.2) is 9.38 Å². The highest BCUT2D eigenvalue weighted by Gasteiger charge is 2.16. The molecule has 114 valence electrons. The first-order valence-electron chi connectivity index (χ1n) is 7.10. The summed E-state index contributed by atoms with van der Waals surface area (Å²) in [5, 5.41) is 9.67. The minimum Gasteiger partial charge on any atom is -0.272 e. The highest BCUT2D eigenvalue weighted by Crippen LogP contribution is 2.18. The van der Waals surface area contributed by atoms with Crippen molar-refractivity contribution in [1.82, 2.24) is 24.1 Å². The molecule has 4 rings (SSSR count). The van der Waals surface area contributed by atoms with Crippen molar-refractivity contribution in [2.75, 3.05) is 6.26 Å². The van der Waals surface area contributed by atoms with E-state index in [1.807, 2.05) is 41.0 Å². The first-order chi connectivity index (χ1) is 11.3. The van der Waals surface area contributed by atoms with Crippen molar-refractivity contribution in [3.8, 4) is 0 Å². The maximum atomic E-state index is 12.9. The van der Waals surface area contributed by atoms with E-state index in [1.165, 1.54) is 11.8 Å². The number of aromatic nitrogens is 5. The molecule has 0 aliphatic carbocycles. The summed E-state index contributed by atoms with van der Waals surface area (Å²) < 4.78 is 3.48. The summed E-state index contributed by atoms with van der Waals surface area (Å²) in [5.74, 6) is 0.509. The third-order valence-corrected chi connectivity index (χ3v) is 4.33. The van der Waals surface area contributed by atoms with Gasteiger partial charge in [0.25, 0.3) is 5.56 Å². The van der Waals surface area contributed by atoms with Crippen LogP contribution in [0.3, 0.4) is 0 Å².